The second-order valence-electron chi connectivity index (χ2n) is 9.30. The summed E-state index contributed by atoms with van der Waals surface area (Å²) in [6.07, 6.45) is 2.53. The molecule has 1 aliphatic carbocycles. The van der Waals surface area contributed by atoms with Crippen molar-refractivity contribution in [3.8, 4) is 5.75 Å². The largest absolute Gasteiger partial charge is 0.497 e. The normalized spacial score (nSPS) is 20.8. The van der Waals surface area contributed by atoms with Crippen LogP contribution in [0.2, 0.25) is 0 Å². The van der Waals surface area contributed by atoms with Crippen LogP contribution >= 0.6 is 0 Å². The van der Waals surface area contributed by atoms with E-state index in [9.17, 15) is 13.2 Å². The van der Waals surface area contributed by atoms with E-state index in [1.54, 1.807) is 38.3 Å². The second-order valence-corrected chi connectivity index (χ2v) is 11.2. The predicted octanol–water partition coefficient (Wildman–Crippen LogP) is 5.33. The van der Waals surface area contributed by atoms with Crippen LogP contribution < -0.4 is 9.04 Å². The van der Waals surface area contributed by atoms with Crippen molar-refractivity contribution < 1.29 is 22.7 Å². The van der Waals surface area contributed by atoms with E-state index in [2.05, 4.69) is 0 Å². The Labute approximate surface area is 212 Å². The van der Waals surface area contributed by atoms with Crippen LogP contribution in [0.3, 0.4) is 0 Å². The van der Waals surface area contributed by atoms with E-state index in [-0.39, 0.29) is 24.0 Å². The molecule has 0 aromatic heterocycles. The van der Waals surface area contributed by atoms with Gasteiger partial charge in [0.2, 0.25) is 0 Å². The third-order valence-electron chi connectivity index (χ3n) is 7.19. The molecule has 0 bridgehead atoms. The van der Waals surface area contributed by atoms with Gasteiger partial charge in [-0.15, -0.1) is 0 Å². The van der Waals surface area contributed by atoms with Crippen LogP contribution in [0.25, 0.3) is 5.57 Å². The maximum Gasteiger partial charge on any atom is 0.318 e. The van der Waals surface area contributed by atoms with Gasteiger partial charge in [0, 0.05) is 5.92 Å². The number of rotatable bonds is 6. The maximum absolute atomic E-state index is 13.9. The number of sulfonamides is 1. The standard InChI is InChI=1S/C29H29NO5S/c1-4-35-28(31)29-18-22(21-11-13-23(34-3)14-12-21)17-26(29)25-7-5-6-8-27(25)30(19-29)36(32,33)24-15-9-20(2)10-16-24/h5-16,18,26H,4,17,19H2,1-3H3/t26-,29+/m0/s1. The van der Waals surface area contributed by atoms with Crippen molar-refractivity contribution in [1.82, 2.24) is 0 Å². The van der Waals surface area contributed by atoms with Crippen LogP contribution in [-0.2, 0) is 19.6 Å². The molecule has 0 N–H and O–H groups in total. The number of esters is 1. The lowest BCUT2D eigenvalue weighted by molar-refractivity contribution is -0.152. The highest BCUT2D eigenvalue weighted by atomic mass is 32.2. The van der Waals surface area contributed by atoms with Gasteiger partial charge in [-0.3, -0.25) is 9.10 Å². The van der Waals surface area contributed by atoms with Crippen molar-refractivity contribution in [3.05, 3.63) is 95.6 Å². The fourth-order valence-electron chi connectivity index (χ4n) is 5.34. The first-order valence-corrected chi connectivity index (χ1v) is 13.5. The average molecular weight is 504 g/mol. The van der Waals surface area contributed by atoms with Crippen LogP contribution in [0.4, 0.5) is 5.69 Å². The van der Waals surface area contributed by atoms with Crippen molar-refractivity contribution in [2.24, 2.45) is 5.41 Å². The zero-order valence-electron chi connectivity index (χ0n) is 20.6. The highest BCUT2D eigenvalue weighted by Crippen LogP contribution is 2.57. The number of ether oxygens (including phenoxy) is 2. The number of hydrogen-bond donors (Lipinski definition) is 0. The molecule has 6 nitrogen and oxygen atoms in total. The Morgan fingerprint density at radius 1 is 1.03 bits per heavy atom. The zero-order valence-corrected chi connectivity index (χ0v) is 21.4. The van der Waals surface area contributed by atoms with E-state index < -0.39 is 21.4 Å². The van der Waals surface area contributed by atoms with E-state index >= 15 is 0 Å². The van der Waals surface area contributed by atoms with Crippen LogP contribution in [0.1, 0.15) is 36.0 Å². The topological polar surface area (TPSA) is 72.9 Å². The molecule has 2 atom stereocenters. The highest BCUT2D eigenvalue weighted by Gasteiger charge is 2.56. The Morgan fingerprint density at radius 3 is 2.39 bits per heavy atom. The summed E-state index contributed by atoms with van der Waals surface area (Å²) >= 11 is 0. The molecular weight excluding hydrogens is 474 g/mol. The molecule has 2 aliphatic rings. The first-order valence-electron chi connectivity index (χ1n) is 12.0. The molecule has 1 heterocycles. The van der Waals surface area contributed by atoms with E-state index in [4.69, 9.17) is 9.47 Å². The average Bonchev–Trinajstić information content (AvgIpc) is 3.30. The highest BCUT2D eigenvalue weighted by molar-refractivity contribution is 7.92. The molecule has 0 radical (unpaired) electrons. The quantitative estimate of drug-likeness (QED) is 0.425. The Balaban J connectivity index is 1.67. The number of anilines is 1. The summed E-state index contributed by atoms with van der Waals surface area (Å²) in [6, 6.07) is 22.0. The molecule has 0 saturated heterocycles. The molecule has 36 heavy (non-hydrogen) atoms. The molecule has 3 aromatic carbocycles. The van der Waals surface area contributed by atoms with Gasteiger partial charge in [-0.25, -0.2) is 8.42 Å². The van der Waals surface area contributed by atoms with Crippen molar-refractivity contribution in [3.63, 3.8) is 0 Å². The van der Waals surface area contributed by atoms with Crippen LogP contribution in [0.5, 0.6) is 5.75 Å². The SMILES string of the molecule is CCOC(=O)[C@@]12C=C(c3ccc(OC)cc3)C[C@H]1c1ccccc1N(S(=O)(=O)c1ccc(C)cc1)C2. The summed E-state index contributed by atoms with van der Waals surface area (Å²) in [4.78, 5) is 13.8. The van der Waals surface area contributed by atoms with Gasteiger partial charge in [0.05, 0.1) is 30.8 Å². The molecule has 7 heteroatoms. The lowest BCUT2D eigenvalue weighted by atomic mass is 9.71. The van der Waals surface area contributed by atoms with Gasteiger partial charge in [0.1, 0.15) is 11.2 Å². The van der Waals surface area contributed by atoms with Gasteiger partial charge in [-0.05, 0) is 67.3 Å². The van der Waals surface area contributed by atoms with E-state index in [0.717, 1.165) is 28.0 Å². The monoisotopic (exact) mass is 503 g/mol. The molecular formula is C29H29NO5S. The van der Waals surface area contributed by atoms with Crippen molar-refractivity contribution in [2.45, 2.75) is 31.1 Å². The first kappa shape index (κ1) is 24.1. The minimum absolute atomic E-state index is 0.0244. The molecule has 0 fully saturated rings. The molecule has 0 unspecified atom stereocenters. The van der Waals surface area contributed by atoms with Gasteiger partial charge in [-0.1, -0.05) is 54.1 Å². The number of hydrogen-bond acceptors (Lipinski definition) is 5. The van der Waals surface area contributed by atoms with Crippen LogP contribution in [0, 0.1) is 12.3 Å². The number of carbonyl (C=O) groups excluding carboxylic acids is 1. The molecule has 5 rings (SSSR count). The molecule has 186 valence electrons. The lowest BCUT2D eigenvalue weighted by Crippen LogP contribution is -2.51. The fraction of sp³-hybridized carbons (Fsp3) is 0.276. The maximum atomic E-state index is 13.9. The van der Waals surface area contributed by atoms with Crippen molar-refractivity contribution in [2.75, 3.05) is 24.6 Å². The number of para-hydroxylation sites is 1. The second kappa shape index (κ2) is 9.13. The summed E-state index contributed by atoms with van der Waals surface area (Å²) in [6.45, 7) is 3.87. The molecule has 3 aromatic rings. The number of nitrogens with zero attached hydrogens (tertiary/aromatic N) is 1. The van der Waals surface area contributed by atoms with Gasteiger partial charge < -0.3 is 9.47 Å². The van der Waals surface area contributed by atoms with E-state index in [0.29, 0.717) is 12.1 Å². The molecule has 1 aliphatic heterocycles. The van der Waals surface area contributed by atoms with Gasteiger partial charge in [0.15, 0.2) is 0 Å². The number of fused-ring (bicyclic) bond motifs is 3. The number of methoxy groups -OCH3 is 1. The molecule has 0 saturated carbocycles. The summed E-state index contributed by atoms with van der Waals surface area (Å²) in [5.74, 6) is 0.0991. The predicted molar refractivity (Wildman–Crippen MR) is 140 cm³/mol. The van der Waals surface area contributed by atoms with E-state index in [1.807, 2.05) is 61.5 Å². The van der Waals surface area contributed by atoms with Crippen LogP contribution in [-0.4, -0.2) is 34.6 Å². The summed E-state index contributed by atoms with van der Waals surface area (Å²) in [5.41, 5.74) is 3.22. The lowest BCUT2D eigenvalue weighted by Gasteiger charge is -2.43. The number of benzene rings is 3. The van der Waals surface area contributed by atoms with Gasteiger partial charge in [-0.2, -0.15) is 0 Å². The first-order chi connectivity index (χ1) is 17.3. The summed E-state index contributed by atoms with van der Waals surface area (Å²) in [5, 5.41) is 0. The summed E-state index contributed by atoms with van der Waals surface area (Å²) < 4.78 is 40.1. The smallest absolute Gasteiger partial charge is 0.318 e. The zero-order chi connectivity index (χ0) is 25.5. The minimum Gasteiger partial charge on any atom is -0.497 e. The Bertz CT molecular complexity index is 1430. The van der Waals surface area contributed by atoms with Crippen molar-refractivity contribution in [1.29, 1.82) is 0 Å². The Hall–Kier alpha value is -3.58. The molecule has 0 amide bonds. The number of carbonyl (C=O) groups is 1. The Kier molecular flexibility index (Phi) is 6.12. The third kappa shape index (κ3) is 3.88. The van der Waals surface area contributed by atoms with Gasteiger partial charge >= 0.3 is 5.97 Å². The number of aryl methyl sites for hydroxylation is 1. The summed E-state index contributed by atoms with van der Waals surface area (Å²) in [7, 11) is -2.31. The molecule has 0 spiro atoms. The fourth-order valence-corrected chi connectivity index (χ4v) is 6.88. The van der Waals surface area contributed by atoms with E-state index in [1.165, 1.54) is 4.31 Å². The number of allylic oxidation sites excluding steroid dienone is 1. The van der Waals surface area contributed by atoms with Crippen LogP contribution in [0.15, 0.2) is 83.8 Å². The minimum atomic E-state index is -3.93. The van der Waals surface area contributed by atoms with Gasteiger partial charge in [0.25, 0.3) is 10.0 Å². The Morgan fingerprint density at radius 2 is 1.72 bits per heavy atom. The van der Waals surface area contributed by atoms with Crippen molar-refractivity contribution >= 4 is 27.3 Å². The third-order valence-corrected chi connectivity index (χ3v) is 8.96.